The molecule has 0 aromatic heterocycles. The van der Waals surface area contributed by atoms with Gasteiger partial charge in [0.1, 0.15) is 6.04 Å². The Morgan fingerprint density at radius 3 is 2.89 bits per heavy atom. The summed E-state index contributed by atoms with van der Waals surface area (Å²) in [5, 5.41) is 12.4. The first-order chi connectivity index (χ1) is 9.09. The third-order valence-electron chi connectivity index (χ3n) is 3.59. The van der Waals surface area contributed by atoms with Crippen LogP contribution < -0.4 is 5.32 Å². The monoisotopic (exact) mass is 287 g/mol. The summed E-state index contributed by atoms with van der Waals surface area (Å²) in [4.78, 5) is 27.2. The molecule has 2 N–H and O–H groups in total. The summed E-state index contributed by atoms with van der Waals surface area (Å²) in [6.07, 6.45) is 1.03. The van der Waals surface area contributed by atoms with Gasteiger partial charge in [-0.15, -0.1) is 11.8 Å². The van der Waals surface area contributed by atoms with Crippen LogP contribution in [0, 0.1) is 0 Å². The lowest BCUT2D eigenvalue weighted by Crippen LogP contribution is -2.49. The van der Waals surface area contributed by atoms with Crippen LogP contribution in [-0.4, -0.2) is 76.7 Å². The van der Waals surface area contributed by atoms with Gasteiger partial charge in [0, 0.05) is 18.8 Å². The van der Waals surface area contributed by atoms with Crippen molar-refractivity contribution in [3.05, 3.63) is 0 Å². The molecule has 2 aliphatic rings. The van der Waals surface area contributed by atoms with E-state index in [0.29, 0.717) is 12.3 Å². The Labute approximate surface area is 117 Å². The van der Waals surface area contributed by atoms with Gasteiger partial charge in [-0.2, -0.15) is 0 Å². The van der Waals surface area contributed by atoms with Crippen LogP contribution >= 0.6 is 11.8 Å². The highest BCUT2D eigenvalue weighted by atomic mass is 32.2. The minimum Gasteiger partial charge on any atom is -0.480 e. The van der Waals surface area contributed by atoms with Crippen LogP contribution in [-0.2, 0) is 9.59 Å². The maximum Gasteiger partial charge on any atom is 0.327 e. The summed E-state index contributed by atoms with van der Waals surface area (Å²) < 4.78 is 0. The van der Waals surface area contributed by atoms with Gasteiger partial charge in [-0.3, -0.25) is 9.69 Å². The van der Waals surface area contributed by atoms with E-state index in [1.54, 1.807) is 0 Å². The summed E-state index contributed by atoms with van der Waals surface area (Å²) >= 11 is 1.53. The van der Waals surface area contributed by atoms with E-state index in [2.05, 4.69) is 10.2 Å². The molecule has 0 saturated carbocycles. The van der Waals surface area contributed by atoms with E-state index in [1.165, 1.54) is 16.7 Å². The molecular weight excluding hydrogens is 266 g/mol. The molecule has 0 aliphatic carbocycles. The van der Waals surface area contributed by atoms with Crippen molar-refractivity contribution in [1.29, 1.82) is 0 Å². The standard InChI is InChI=1S/C12H21N3O3S/c1-9-15(10(8-19-9)12(17)18)11(16)7-14-5-2-3-13-4-6-14/h9-10,13H,2-8H2,1H3,(H,17,18). The average Bonchev–Trinajstić information content (AvgIpc) is 2.58. The molecule has 0 bridgehead atoms. The molecule has 19 heavy (non-hydrogen) atoms. The molecule has 0 radical (unpaired) electrons. The Balaban J connectivity index is 1.95. The van der Waals surface area contributed by atoms with Gasteiger partial charge in [-0.1, -0.05) is 0 Å². The average molecular weight is 287 g/mol. The number of hydrogen-bond donors (Lipinski definition) is 2. The van der Waals surface area contributed by atoms with E-state index in [-0.39, 0.29) is 11.3 Å². The van der Waals surface area contributed by atoms with Crippen molar-refractivity contribution in [2.24, 2.45) is 0 Å². The van der Waals surface area contributed by atoms with Crippen LogP contribution in [0.5, 0.6) is 0 Å². The molecule has 2 unspecified atom stereocenters. The Morgan fingerprint density at radius 1 is 1.37 bits per heavy atom. The summed E-state index contributed by atoms with van der Waals surface area (Å²) in [7, 11) is 0. The molecule has 2 rings (SSSR count). The van der Waals surface area contributed by atoms with Gasteiger partial charge in [0.15, 0.2) is 0 Å². The van der Waals surface area contributed by atoms with Crippen molar-refractivity contribution in [3.8, 4) is 0 Å². The molecule has 1 amide bonds. The largest absolute Gasteiger partial charge is 0.480 e. The molecule has 0 aromatic rings. The van der Waals surface area contributed by atoms with Crippen molar-refractivity contribution >= 4 is 23.6 Å². The van der Waals surface area contributed by atoms with Crippen LogP contribution in [0.15, 0.2) is 0 Å². The number of thioether (sulfide) groups is 1. The maximum absolute atomic E-state index is 12.3. The van der Waals surface area contributed by atoms with Crippen LogP contribution in [0.4, 0.5) is 0 Å². The number of carbonyl (C=O) groups excluding carboxylic acids is 1. The maximum atomic E-state index is 12.3. The fraction of sp³-hybridized carbons (Fsp3) is 0.833. The first-order valence-corrected chi connectivity index (χ1v) is 7.73. The number of nitrogens with one attached hydrogen (secondary N) is 1. The number of amides is 1. The van der Waals surface area contributed by atoms with E-state index in [0.717, 1.165) is 32.6 Å². The fourth-order valence-corrected chi connectivity index (χ4v) is 3.73. The predicted molar refractivity (Wildman–Crippen MR) is 74.1 cm³/mol. The number of aliphatic carboxylic acids is 1. The zero-order chi connectivity index (χ0) is 13.8. The van der Waals surface area contributed by atoms with Crippen molar-refractivity contribution in [2.75, 3.05) is 38.5 Å². The smallest absolute Gasteiger partial charge is 0.327 e. The van der Waals surface area contributed by atoms with Crippen molar-refractivity contribution in [2.45, 2.75) is 24.8 Å². The SMILES string of the molecule is CC1SCC(C(=O)O)N1C(=O)CN1CCCNCC1. The van der Waals surface area contributed by atoms with E-state index in [1.807, 2.05) is 6.92 Å². The van der Waals surface area contributed by atoms with Crippen molar-refractivity contribution in [3.63, 3.8) is 0 Å². The minimum absolute atomic E-state index is 0.0429. The van der Waals surface area contributed by atoms with E-state index >= 15 is 0 Å². The lowest BCUT2D eigenvalue weighted by Gasteiger charge is -2.28. The summed E-state index contributed by atoms with van der Waals surface area (Å²) in [5.74, 6) is -0.474. The van der Waals surface area contributed by atoms with Crippen LogP contribution in [0.2, 0.25) is 0 Å². The van der Waals surface area contributed by atoms with Gasteiger partial charge >= 0.3 is 5.97 Å². The van der Waals surface area contributed by atoms with Crippen LogP contribution in [0.1, 0.15) is 13.3 Å². The van der Waals surface area contributed by atoms with Gasteiger partial charge in [0.05, 0.1) is 11.9 Å². The summed E-state index contributed by atoms with van der Waals surface area (Å²) in [5.41, 5.74) is 0. The molecule has 2 fully saturated rings. The van der Waals surface area contributed by atoms with Crippen molar-refractivity contribution in [1.82, 2.24) is 15.1 Å². The quantitative estimate of drug-likeness (QED) is 0.740. The predicted octanol–water partition coefficient (Wildman–Crippen LogP) is -0.344. The molecule has 2 heterocycles. The number of rotatable bonds is 3. The highest BCUT2D eigenvalue weighted by Crippen LogP contribution is 2.28. The lowest BCUT2D eigenvalue weighted by atomic mass is 10.2. The van der Waals surface area contributed by atoms with E-state index < -0.39 is 12.0 Å². The second kappa shape index (κ2) is 6.58. The third kappa shape index (κ3) is 3.61. The van der Waals surface area contributed by atoms with Crippen LogP contribution in [0.25, 0.3) is 0 Å². The van der Waals surface area contributed by atoms with E-state index in [4.69, 9.17) is 0 Å². The molecule has 2 aliphatic heterocycles. The van der Waals surface area contributed by atoms with Gasteiger partial charge in [0.25, 0.3) is 0 Å². The van der Waals surface area contributed by atoms with Crippen molar-refractivity contribution < 1.29 is 14.7 Å². The van der Waals surface area contributed by atoms with Gasteiger partial charge in [-0.25, -0.2) is 4.79 Å². The molecule has 7 heteroatoms. The molecule has 2 saturated heterocycles. The number of carboxylic acid groups (broad SMARTS) is 1. The molecule has 0 spiro atoms. The van der Waals surface area contributed by atoms with Gasteiger partial charge in [0.2, 0.25) is 5.91 Å². The minimum atomic E-state index is -0.900. The van der Waals surface area contributed by atoms with E-state index in [9.17, 15) is 14.7 Å². The lowest BCUT2D eigenvalue weighted by molar-refractivity contribution is -0.149. The molecule has 6 nitrogen and oxygen atoms in total. The second-order valence-electron chi connectivity index (χ2n) is 4.97. The Bertz CT molecular complexity index is 345. The zero-order valence-corrected chi connectivity index (χ0v) is 12.0. The highest BCUT2D eigenvalue weighted by Gasteiger charge is 2.39. The first-order valence-electron chi connectivity index (χ1n) is 6.68. The van der Waals surface area contributed by atoms with Gasteiger partial charge in [-0.05, 0) is 26.4 Å². The normalized spacial score (nSPS) is 29.2. The summed E-state index contributed by atoms with van der Waals surface area (Å²) in [6, 6.07) is -0.669. The Hall–Kier alpha value is -0.790. The number of carbonyl (C=O) groups is 2. The molecule has 0 aromatic carbocycles. The number of carboxylic acids is 1. The first kappa shape index (κ1) is 14.6. The number of hydrogen-bond acceptors (Lipinski definition) is 5. The van der Waals surface area contributed by atoms with Gasteiger partial charge < -0.3 is 15.3 Å². The zero-order valence-electron chi connectivity index (χ0n) is 11.2. The third-order valence-corrected chi connectivity index (χ3v) is 4.81. The summed E-state index contributed by atoms with van der Waals surface area (Å²) in [6.45, 7) is 5.84. The van der Waals surface area contributed by atoms with Crippen LogP contribution in [0.3, 0.4) is 0 Å². The second-order valence-corrected chi connectivity index (χ2v) is 6.32. The highest BCUT2D eigenvalue weighted by molar-refractivity contribution is 8.00. The molecular formula is C12H21N3O3S. The number of nitrogens with zero attached hydrogens (tertiary/aromatic N) is 2. The Kier molecular flexibility index (Phi) is 5.06. The fourth-order valence-electron chi connectivity index (χ4n) is 2.54. The molecule has 2 atom stereocenters. The molecule has 108 valence electrons. The topological polar surface area (TPSA) is 72.9 Å². The Morgan fingerprint density at radius 2 is 2.16 bits per heavy atom.